The third kappa shape index (κ3) is 3.62. The van der Waals surface area contributed by atoms with E-state index in [1.807, 2.05) is 6.07 Å². The fraction of sp³-hybridized carbons (Fsp3) is 0.467. The molecule has 0 aliphatic heterocycles. The largest absolute Gasteiger partial charge is 0.326 e. The first-order valence-electron chi connectivity index (χ1n) is 6.77. The fourth-order valence-electron chi connectivity index (χ4n) is 2.41. The Morgan fingerprint density at radius 1 is 1.35 bits per heavy atom. The smallest absolute Gasteiger partial charge is 0.0931 e. The molecule has 0 spiro atoms. The molecule has 5 heteroatoms. The molecule has 0 aromatic carbocycles. The van der Waals surface area contributed by atoms with Gasteiger partial charge in [0.2, 0.25) is 0 Å². The lowest BCUT2D eigenvalue weighted by molar-refractivity contribution is 0.206. The summed E-state index contributed by atoms with van der Waals surface area (Å²) in [6.45, 7) is 5.20. The number of likely N-dealkylation sites (N-methyl/N-ethyl adjacent to an activating group) is 1. The van der Waals surface area contributed by atoms with Crippen molar-refractivity contribution in [2.75, 3.05) is 7.05 Å². The first-order valence-corrected chi connectivity index (χ1v) is 8.84. The third-order valence-corrected chi connectivity index (χ3v) is 5.86. The van der Waals surface area contributed by atoms with E-state index in [1.165, 1.54) is 15.3 Å². The number of rotatable bonds is 6. The summed E-state index contributed by atoms with van der Waals surface area (Å²) in [5.74, 6) is 0. The zero-order chi connectivity index (χ0) is 14.7. The Morgan fingerprint density at radius 2 is 2.10 bits per heavy atom. The second-order valence-electron chi connectivity index (χ2n) is 5.11. The minimum Gasteiger partial charge on any atom is -0.326 e. The Bertz CT molecular complexity index is 550. The molecule has 2 aromatic rings. The summed E-state index contributed by atoms with van der Waals surface area (Å²) in [6.07, 6.45) is 0.970. The molecule has 110 valence electrons. The fourth-order valence-corrected chi connectivity index (χ4v) is 4.73. The monoisotopic (exact) mass is 328 g/mol. The molecule has 0 bridgehead atoms. The van der Waals surface area contributed by atoms with E-state index in [-0.39, 0.29) is 12.1 Å². The maximum atomic E-state index is 6.38. The third-order valence-electron chi connectivity index (χ3n) is 3.56. The summed E-state index contributed by atoms with van der Waals surface area (Å²) in [5, 5.41) is 2.15. The molecule has 0 saturated heterocycles. The standard InChI is InChI=1S/C15H21ClN2S2/c1-4-12(17)14(15-10(2)7-8-19-15)18(3)9-11-5-6-13(16)20-11/h5-8,12,14H,4,9,17H2,1-3H3. The number of nitrogens with zero attached hydrogens (tertiary/aromatic N) is 1. The van der Waals surface area contributed by atoms with Crippen LogP contribution in [0, 0.1) is 6.92 Å². The van der Waals surface area contributed by atoms with E-state index in [1.54, 1.807) is 22.7 Å². The van der Waals surface area contributed by atoms with Gasteiger partial charge in [0.15, 0.2) is 0 Å². The molecule has 0 aliphatic carbocycles. The van der Waals surface area contributed by atoms with Crippen LogP contribution in [-0.2, 0) is 6.54 Å². The van der Waals surface area contributed by atoms with Crippen LogP contribution < -0.4 is 5.73 Å². The van der Waals surface area contributed by atoms with Crippen molar-refractivity contribution in [3.05, 3.63) is 43.2 Å². The van der Waals surface area contributed by atoms with Crippen molar-refractivity contribution >= 4 is 34.3 Å². The maximum Gasteiger partial charge on any atom is 0.0931 e. The highest BCUT2D eigenvalue weighted by atomic mass is 35.5. The van der Waals surface area contributed by atoms with E-state index in [0.29, 0.717) is 0 Å². The predicted molar refractivity (Wildman–Crippen MR) is 90.9 cm³/mol. The molecule has 2 unspecified atom stereocenters. The number of nitrogens with two attached hydrogens (primary N) is 1. The minimum atomic E-state index is 0.146. The molecule has 0 saturated carbocycles. The number of thiophene rings is 2. The Morgan fingerprint density at radius 3 is 2.60 bits per heavy atom. The topological polar surface area (TPSA) is 29.3 Å². The molecular weight excluding hydrogens is 308 g/mol. The van der Waals surface area contributed by atoms with E-state index in [4.69, 9.17) is 17.3 Å². The van der Waals surface area contributed by atoms with Gasteiger partial charge in [-0.15, -0.1) is 22.7 Å². The zero-order valence-electron chi connectivity index (χ0n) is 12.1. The first kappa shape index (κ1) is 16.0. The molecule has 2 atom stereocenters. The van der Waals surface area contributed by atoms with Crippen LogP contribution in [0.1, 0.15) is 34.7 Å². The number of halogens is 1. The highest BCUT2D eigenvalue weighted by molar-refractivity contribution is 7.16. The van der Waals surface area contributed by atoms with Crippen molar-refractivity contribution in [1.82, 2.24) is 4.90 Å². The van der Waals surface area contributed by atoms with Crippen molar-refractivity contribution in [2.45, 2.75) is 38.9 Å². The van der Waals surface area contributed by atoms with Gasteiger partial charge in [-0.3, -0.25) is 4.90 Å². The van der Waals surface area contributed by atoms with Crippen LogP contribution in [-0.4, -0.2) is 18.0 Å². The molecule has 2 N–H and O–H groups in total. The molecule has 2 aromatic heterocycles. The molecule has 0 radical (unpaired) electrons. The lowest BCUT2D eigenvalue weighted by Crippen LogP contribution is -2.38. The van der Waals surface area contributed by atoms with Crippen molar-refractivity contribution in [3.63, 3.8) is 0 Å². The van der Waals surface area contributed by atoms with E-state index in [9.17, 15) is 0 Å². The number of hydrogen-bond donors (Lipinski definition) is 1. The quantitative estimate of drug-likeness (QED) is 0.834. The lowest BCUT2D eigenvalue weighted by Gasteiger charge is -2.32. The van der Waals surface area contributed by atoms with Gasteiger partial charge in [-0.2, -0.15) is 0 Å². The SMILES string of the molecule is CCC(N)C(c1sccc1C)N(C)Cc1ccc(Cl)s1. The van der Waals surface area contributed by atoms with Gasteiger partial charge in [0.05, 0.1) is 10.4 Å². The molecule has 0 amide bonds. The minimum absolute atomic E-state index is 0.146. The van der Waals surface area contributed by atoms with Crippen molar-refractivity contribution in [3.8, 4) is 0 Å². The van der Waals surface area contributed by atoms with Gasteiger partial charge in [0.1, 0.15) is 0 Å². The summed E-state index contributed by atoms with van der Waals surface area (Å²) < 4.78 is 0.844. The zero-order valence-corrected chi connectivity index (χ0v) is 14.5. The number of hydrogen-bond acceptors (Lipinski definition) is 4. The van der Waals surface area contributed by atoms with Gasteiger partial charge in [0, 0.05) is 22.3 Å². The van der Waals surface area contributed by atoms with E-state index in [2.05, 4.69) is 43.3 Å². The second kappa shape index (κ2) is 7.05. The average Bonchev–Trinajstić information content (AvgIpc) is 2.99. The van der Waals surface area contributed by atoms with Crippen LogP contribution in [0.25, 0.3) is 0 Å². The van der Waals surface area contributed by atoms with Crippen LogP contribution in [0.5, 0.6) is 0 Å². The first-order chi connectivity index (χ1) is 9.52. The van der Waals surface area contributed by atoms with Gasteiger partial charge in [-0.1, -0.05) is 18.5 Å². The normalized spacial score (nSPS) is 14.7. The van der Waals surface area contributed by atoms with Crippen molar-refractivity contribution in [1.29, 1.82) is 0 Å². The summed E-state index contributed by atoms with van der Waals surface area (Å²) in [4.78, 5) is 5.00. The molecule has 2 rings (SSSR count). The Hall–Kier alpha value is -0.390. The maximum absolute atomic E-state index is 6.38. The van der Waals surface area contributed by atoms with Crippen LogP contribution in [0.3, 0.4) is 0 Å². The van der Waals surface area contributed by atoms with Crippen molar-refractivity contribution in [2.24, 2.45) is 5.73 Å². The molecular formula is C15H21ClN2S2. The molecule has 0 fully saturated rings. The second-order valence-corrected chi connectivity index (χ2v) is 7.85. The van der Waals surface area contributed by atoms with E-state index >= 15 is 0 Å². The van der Waals surface area contributed by atoms with Gasteiger partial charge in [-0.25, -0.2) is 0 Å². The van der Waals surface area contributed by atoms with Crippen LogP contribution in [0.4, 0.5) is 0 Å². The Labute approximate surface area is 134 Å². The predicted octanol–water partition coefficient (Wildman–Crippen LogP) is 4.68. The van der Waals surface area contributed by atoms with Gasteiger partial charge < -0.3 is 5.73 Å². The number of aryl methyl sites for hydroxylation is 1. The van der Waals surface area contributed by atoms with Crippen LogP contribution >= 0.6 is 34.3 Å². The summed E-state index contributed by atoms with van der Waals surface area (Å²) in [5.41, 5.74) is 7.71. The Kier molecular flexibility index (Phi) is 5.64. The van der Waals surface area contributed by atoms with Gasteiger partial charge in [0.25, 0.3) is 0 Å². The lowest BCUT2D eigenvalue weighted by atomic mass is 10.0. The highest BCUT2D eigenvalue weighted by Gasteiger charge is 2.25. The van der Waals surface area contributed by atoms with Gasteiger partial charge >= 0.3 is 0 Å². The summed E-state index contributed by atoms with van der Waals surface area (Å²) in [6, 6.07) is 6.64. The molecule has 0 aliphatic rings. The van der Waals surface area contributed by atoms with Crippen LogP contribution in [0.2, 0.25) is 4.34 Å². The van der Waals surface area contributed by atoms with Crippen molar-refractivity contribution < 1.29 is 0 Å². The molecule has 2 heterocycles. The summed E-state index contributed by atoms with van der Waals surface area (Å²) in [7, 11) is 2.15. The molecule has 20 heavy (non-hydrogen) atoms. The average molecular weight is 329 g/mol. The van der Waals surface area contributed by atoms with E-state index in [0.717, 1.165) is 17.3 Å². The van der Waals surface area contributed by atoms with Crippen LogP contribution in [0.15, 0.2) is 23.6 Å². The highest BCUT2D eigenvalue weighted by Crippen LogP contribution is 2.33. The van der Waals surface area contributed by atoms with Gasteiger partial charge in [-0.05, 0) is 49.5 Å². The Balaban J connectivity index is 2.20. The van der Waals surface area contributed by atoms with E-state index < -0.39 is 0 Å². The molecule has 2 nitrogen and oxygen atoms in total. The summed E-state index contributed by atoms with van der Waals surface area (Å²) >= 11 is 9.46.